The van der Waals surface area contributed by atoms with Crippen molar-refractivity contribution in [2.24, 2.45) is 0 Å². The van der Waals surface area contributed by atoms with Crippen LogP contribution in [0.5, 0.6) is 0 Å². The molecule has 0 aromatic rings. The highest BCUT2D eigenvalue weighted by Crippen LogP contribution is 2.38. The zero-order valence-electron chi connectivity index (χ0n) is 24.7. The van der Waals surface area contributed by atoms with Crippen LogP contribution in [-0.4, -0.2) is 191 Å². The average molecular weight is 675 g/mol. The summed E-state index contributed by atoms with van der Waals surface area (Å²) in [4.78, 5) is 35.8. The van der Waals surface area contributed by atoms with E-state index in [4.69, 9.17) is 23.7 Å². The van der Waals surface area contributed by atoms with Crippen LogP contribution in [0.3, 0.4) is 0 Å². The van der Waals surface area contributed by atoms with Crippen LogP contribution in [0.25, 0.3) is 0 Å². The Morgan fingerprint density at radius 1 is 0.848 bits per heavy atom. The summed E-state index contributed by atoms with van der Waals surface area (Å²) in [6.45, 7) is -0.751. The summed E-state index contributed by atoms with van der Waals surface area (Å²) in [5, 5.41) is 118. The first-order valence-corrected chi connectivity index (χ1v) is 14.2. The van der Waals surface area contributed by atoms with Gasteiger partial charge in [-0.05, 0) is 0 Å². The molecule has 2 amide bonds. The monoisotopic (exact) mass is 674 g/mol. The lowest BCUT2D eigenvalue weighted by atomic mass is 9.88. The number of rotatable bonds is 12. The molecular formula is C25H42N2O19. The van der Waals surface area contributed by atoms with E-state index in [0.717, 1.165) is 13.8 Å². The van der Waals surface area contributed by atoms with Gasteiger partial charge in [0.15, 0.2) is 12.5 Å². The summed E-state index contributed by atoms with van der Waals surface area (Å²) in [7, 11) is 0. The zero-order valence-corrected chi connectivity index (χ0v) is 24.7. The van der Waals surface area contributed by atoms with Gasteiger partial charge in [0, 0.05) is 20.3 Å². The number of ether oxygens (including phenoxy) is 5. The first-order valence-electron chi connectivity index (χ1n) is 14.2. The summed E-state index contributed by atoms with van der Waals surface area (Å²) in [6, 6.07) is -1.55. The van der Waals surface area contributed by atoms with Crippen LogP contribution in [0.2, 0.25) is 0 Å². The minimum atomic E-state index is -3.04. The normalized spacial score (nSPS) is 42.9. The Bertz CT molecular complexity index is 1050. The molecule has 3 aliphatic heterocycles. The van der Waals surface area contributed by atoms with E-state index in [-0.39, 0.29) is 0 Å². The Balaban J connectivity index is 1.93. The van der Waals surface area contributed by atoms with E-state index in [1.807, 2.05) is 0 Å². The molecule has 3 heterocycles. The fourth-order valence-corrected chi connectivity index (χ4v) is 5.50. The second-order valence-corrected chi connectivity index (χ2v) is 11.2. The molecule has 21 nitrogen and oxygen atoms in total. The van der Waals surface area contributed by atoms with Gasteiger partial charge >= 0.3 is 5.97 Å². The number of carbonyl (C=O) groups excluding carboxylic acids is 2. The Morgan fingerprint density at radius 3 is 1.98 bits per heavy atom. The summed E-state index contributed by atoms with van der Waals surface area (Å²) in [6.07, 6.45) is -27.3. The molecule has 0 aromatic heterocycles. The van der Waals surface area contributed by atoms with Crippen molar-refractivity contribution >= 4 is 17.8 Å². The van der Waals surface area contributed by atoms with Gasteiger partial charge in [0.1, 0.15) is 67.1 Å². The van der Waals surface area contributed by atoms with Gasteiger partial charge in [-0.2, -0.15) is 0 Å². The minimum absolute atomic E-state index is 0.649. The number of aliphatic carboxylic acids is 1. The van der Waals surface area contributed by atoms with Crippen molar-refractivity contribution in [2.45, 2.75) is 118 Å². The number of aliphatic hydroxyl groups is 10. The van der Waals surface area contributed by atoms with Crippen molar-refractivity contribution in [1.29, 1.82) is 0 Å². The van der Waals surface area contributed by atoms with E-state index in [0.29, 0.717) is 0 Å². The third-order valence-electron chi connectivity index (χ3n) is 7.84. The molecule has 0 spiro atoms. The maximum atomic E-state index is 12.6. The fourth-order valence-electron chi connectivity index (χ4n) is 5.50. The van der Waals surface area contributed by atoms with Gasteiger partial charge in [0.05, 0.1) is 32.0 Å². The molecule has 0 saturated carbocycles. The van der Waals surface area contributed by atoms with E-state index in [1.165, 1.54) is 0 Å². The van der Waals surface area contributed by atoms with Gasteiger partial charge in [-0.15, -0.1) is 0 Å². The number of amides is 2. The van der Waals surface area contributed by atoms with E-state index in [9.17, 15) is 70.6 Å². The fraction of sp³-hybridized carbons (Fsp3) is 0.880. The van der Waals surface area contributed by atoms with E-state index < -0.39 is 142 Å². The van der Waals surface area contributed by atoms with E-state index in [2.05, 4.69) is 10.6 Å². The Kier molecular flexibility index (Phi) is 13.1. The lowest BCUT2D eigenvalue weighted by Gasteiger charge is -2.50. The summed E-state index contributed by atoms with van der Waals surface area (Å²) in [5.41, 5.74) is 0. The van der Waals surface area contributed by atoms with Crippen LogP contribution in [0.4, 0.5) is 0 Å². The molecule has 0 bridgehead atoms. The largest absolute Gasteiger partial charge is 0.477 e. The molecular weight excluding hydrogens is 632 g/mol. The van der Waals surface area contributed by atoms with E-state index >= 15 is 0 Å². The molecule has 0 aromatic carbocycles. The van der Waals surface area contributed by atoms with Gasteiger partial charge in [-0.3, -0.25) is 9.59 Å². The van der Waals surface area contributed by atoms with Crippen LogP contribution < -0.4 is 10.6 Å². The van der Waals surface area contributed by atoms with Crippen molar-refractivity contribution in [3.8, 4) is 0 Å². The number of carboxylic acids is 1. The molecule has 3 fully saturated rings. The highest BCUT2D eigenvalue weighted by Gasteiger charge is 2.60. The third kappa shape index (κ3) is 8.08. The third-order valence-corrected chi connectivity index (χ3v) is 7.84. The number of hydrogen-bond acceptors (Lipinski definition) is 18. The van der Waals surface area contributed by atoms with Crippen LogP contribution in [0, 0.1) is 0 Å². The van der Waals surface area contributed by atoms with Crippen LogP contribution in [0.15, 0.2) is 0 Å². The first kappa shape index (κ1) is 38.3. The van der Waals surface area contributed by atoms with Gasteiger partial charge < -0.3 is 90.5 Å². The van der Waals surface area contributed by atoms with Gasteiger partial charge in [0.2, 0.25) is 11.8 Å². The molecule has 21 heteroatoms. The van der Waals surface area contributed by atoms with Crippen molar-refractivity contribution in [1.82, 2.24) is 10.6 Å². The number of carboxylic acid groups (broad SMARTS) is 1. The molecule has 3 rings (SSSR count). The minimum Gasteiger partial charge on any atom is -0.477 e. The van der Waals surface area contributed by atoms with Crippen molar-refractivity contribution in [3.63, 3.8) is 0 Å². The lowest BCUT2D eigenvalue weighted by molar-refractivity contribution is -0.381. The molecule has 0 radical (unpaired) electrons. The van der Waals surface area contributed by atoms with Gasteiger partial charge in [-0.1, -0.05) is 0 Å². The quantitative estimate of drug-likeness (QED) is 0.0913. The predicted octanol–water partition coefficient (Wildman–Crippen LogP) is -8.08. The number of hydrogen-bond donors (Lipinski definition) is 13. The second-order valence-electron chi connectivity index (χ2n) is 11.2. The molecule has 266 valence electrons. The van der Waals surface area contributed by atoms with Crippen LogP contribution in [0.1, 0.15) is 20.3 Å². The Hall–Kier alpha value is -2.19. The highest BCUT2D eigenvalue weighted by molar-refractivity contribution is 5.76. The zero-order chi connectivity index (χ0) is 34.7. The van der Waals surface area contributed by atoms with E-state index in [1.54, 1.807) is 0 Å². The Labute approximate surface area is 260 Å². The summed E-state index contributed by atoms with van der Waals surface area (Å²) >= 11 is 0. The molecule has 46 heavy (non-hydrogen) atoms. The first-order chi connectivity index (χ1) is 21.5. The van der Waals surface area contributed by atoms with Crippen LogP contribution >= 0.6 is 0 Å². The van der Waals surface area contributed by atoms with Gasteiger partial charge in [-0.25, -0.2) is 4.79 Å². The summed E-state index contributed by atoms with van der Waals surface area (Å²) in [5.74, 6) is -6.41. The summed E-state index contributed by atoms with van der Waals surface area (Å²) < 4.78 is 27.5. The molecule has 0 unspecified atom stereocenters. The predicted molar refractivity (Wildman–Crippen MR) is 142 cm³/mol. The molecule has 0 aliphatic carbocycles. The Morgan fingerprint density at radius 2 is 1.46 bits per heavy atom. The van der Waals surface area contributed by atoms with Crippen molar-refractivity contribution < 1.29 is 94.2 Å². The maximum absolute atomic E-state index is 12.6. The van der Waals surface area contributed by atoms with Crippen molar-refractivity contribution in [2.75, 3.05) is 19.8 Å². The highest BCUT2D eigenvalue weighted by atomic mass is 16.8. The lowest BCUT2D eigenvalue weighted by Crippen LogP contribution is -2.71. The molecule has 3 saturated heterocycles. The molecule has 16 atom stereocenters. The maximum Gasteiger partial charge on any atom is 0.364 e. The topological polar surface area (TPSA) is 344 Å². The SMILES string of the molecule is CC(=O)N[C@H]1[C@H]([C@H](O)[C@H](O)CO)O[C@](O[C@H]2[C@@H](O)[C@@H](CO)O[C@@H](O[C@H]3[C@H](O)[C@@H](O)[C@@H](NC(C)=O)O[C@@H]3CO)[C@@H]2O)(C(=O)O)C[C@@H]1O. The number of carbonyl (C=O) groups is 3. The second kappa shape index (κ2) is 15.8. The number of nitrogens with one attached hydrogen (secondary N) is 2. The standard InChI is InChI=1S/C25H42N2O19/c1-7(31)26-13-9(33)3-25(24(40)41,45-20(13)14(35)10(34)4-28)46-21-15(36)11(5-29)43-23(18(21)39)44-19-12(6-30)42-22(27-8(2)32)17(38)16(19)37/h9-23,28-30,33-39H,3-6H2,1-2H3,(H,26,31)(H,27,32)(H,40,41)/t9-,10+,11+,12+,13+,14+,15-,16+,17+,18+,19+,20+,21-,22-,23-,25+/m0/s1. The van der Waals surface area contributed by atoms with Crippen LogP contribution in [-0.2, 0) is 38.1 Å². The molecule has 13 N–H and O–H groups in total. The molecule has 3 aliphatic rings. The van der Waals surface area contributed by atoms with Crippen molar-refractivity contribution in [3.05, 3.63) is 0 Å². The number of aliphatic hydroxyl groups excluding tert-OH is 10. The van der Waals surface area contributed by atoms with Gasteiger partial charge in [0.25, 0.3) is 5.79 Å². The average Bonchev–Trinajstić information content (AvgIpc) is 2.99. The smallest absolute Gasteiger partial charge is 0.364 e.